The third-order valence-corrected chi connectivity index (χ3v) is 3.65. The molecule has 1 N–H and O–H groups in total. The lowest BCUT2D eigenvalue weighted by molar-refractivity contribution is 0.0784. The quantitative estimate of drug-likeness (QED) is 0.929. The molecule has 104 valence electrons. The van der Waals surface area contributed by atoms with Gasteiger partial charge in [-0.2, -0.15) is 0 Å². The maximum atomic E-state index is 12.4. The third-order valence-electron chi connectivity index (χ3n) is 3.12. The maximum absolute atomic E-state index is 12.4. The van der Waals surface area contributed by atoms with Gasteiger partial charge >= 0.3 is 0 Å². The van der Waals surface area contributed by atoms with Crippen molar-refractivity contribution in [1.82, 2.24) is 4.90 Å². The van der Waals surface area contributed by atoms with Gasteiger partial charge in [0.2, 0.25) is 0 Å². The number of aryl methyl sites for hydroxylation is 1. The van der Waals surface area contributed by atoms with Crippen molar-refractivity contribution >= 4 is 21.8 Å². The van der Waals surface area contributed by atoms with Crippen molar-refractivity contribution in [1.29, 1.82) is 0 Å². The summed E-state index contributed by atoms with van der Waals surface area (Å²) in [6, 6.07) is 12.7. The predicted octanol–water partition coefficient (Wildman–Crippen LogP) is 3.74. The summed E-state index contributed by atoms with van der Waals surface area (Å²) in [5, 5.41) is 9.39. The second-order valence-electron chi connectivity index (χ2n) is 4.79. The molecule has 2 rings (SSSR count). The molecule has 0 saturated carbocycles. The average molecular weight is 334 g/mol. The Morgan fingerprint density at radius 3 is 2.45 bits per heavy atom. The first-order chi connectivity index (χ1) is 9.47. The number of hydrogen-bond acceptors (Lipinski definition) is 2. The van der Waals surface area contributed by atoms with E-state index in [1.165, 1.54) is 6.07 Å². The minimum atomic E-state index is -0.0505. The number of aromatic hydroxyl groups is 1. The largest absolute Gasteiger partial charge is 0.508 e. The van der Waals surface area contributed by atoms with Crippen LogP contribution in [-0.4, -0.2) is 23.0 Å². The molecule has 0 aliphatic heterocycles. The Hall–Kier alpha value is -1.81. The summed E-state index contributed by atoms with van der Waals surface area (Å²) < 4.78 is 1.02. The summed E-state index contributed by atoms with van der Waals surface area (Å²) in [7, 11) is 1.77. The summed E-state index contributed by atoms with van der Waals surface area (Å²) in [4.78, 5) is 14.1. The lowest BCUT2D eigenvalue weighted by atomic mass is 10.1. The van der Waals surface area contributed by atoms with Crippen molar-refractivity contribution in [2.75, 3.05) is 7.05 Å². The highest BCUT2D eigenvalue weighted by atomic mass is 79.9. The molecule has 1 amide bonds. The lowest BCUT2D eigenvalue weighted by Crippen LogP contribution is -2.26. The van der Waals surface area contributed by atoms with Gasteiger partial charge < -0.3 is 10.0 Å². The van der Waals surface area contributed by atoms with Crippen molar-refractivity contribution in [2.45, 2.75) is 13.5 Å². The summed E-state index contributed by atoms with van der Waals surface area (Å²) in [5.41, 5.74) is 2.46. The molecule has 2 aromatic carbocycles. The monoisotopic (exact) mass is 333 g/mol. The number of phenols is 1. The highest BCUT2D eigenvalue weighted by molar-refractivity contribution is 9.10. The molecule has 0 bridgehead atoms. The number of phenolic OH excluding ortho intramolecular Hbond substituents is 1. The van der Waals surface area contributed by atoms with Crippen LogP contribution in [0.25, 0.3) is 0 Å². The van der Waals surface area contributed by atoms with E-state index in [2.05, 4.69) is 15.9 Å². The molecule has 4 heteroatoms. The molecule has 3 nitrogen and oxygen atoms in total. The molecule has 0 aromatic heterocycles. The fourth-order valence-electron chi connectivity index (χ4n) is 2.03. The van der Waals surface area contributed by atoms with Gasteiger partial charge in [0, 0.05) is 23.6 Å². The second-order valence-corrected chi connectivity index (χ2v) is 5.70. The van der Waals surface area contributed by atoms with Crippen LogP contribution in [0.2, 0.25) is 0 Å². The van der Waals surface area contributed by atoms with Gasteiger partial charge in [-0.25, -0.2) is 0 Å². The Bertz CT molecular complexity index is 623. The topological polar surface area (TPSA) is 40.5 Å². The minimum Gasteiger partial charge on any atom is -0.508 e. The fraction of sp³-hybridized carbons (Fsp3) is 0.188. The predicted molar refractivity (Wildman–Crippen MR) is 82.8 cm³/mol. The number of amides is 1. The minimum absolute atomic E-state index is 0.0505. The van der Waals surface area contributed by atoms with Crippen LogP contribution in [0.5, 0.6) is 5.75 Å². The highest BCUT2D eigenvalue weighted by Crippen LogP contribution is 2.18. The van der Waals surface area contributed by atoms with Crippen LogP contribution in [0.15, 0.2) is 46.9 Å². The zero-order chi connectivity index (χ0) is 14.7. The molecular weight excluding hydrogens is 318 g/mol. The van der Waals surface area contributed by atoms with Gasteiger partial charge in [0.05, 0.1) is 0 Å². The molecule has 0 atom stereocenters. The van der Waals surface area contributed by atoms with Crippen LogP contribution < -0.4 is 0 Å². The Labute approximate surface area is 127 Å². The number of halogens is 1. The molecule has 0 unspecified atom stereocenters. The number of carbonyl (C=O) groups is 1. The maximum Gasteiger partial charge on any atom is 0.254 e. The summed E-state index contributed by atoms with van der Waals surface area (Å²) in [6.45, 7) is 2.37. The van der Waals surface area contributed by atoms with Crippen molar-refractivity contribution in [3.8, 4) is 5.75 Å². The number of nitrogens with zero attached hydrogens (tertiary/aromatic N) is 1. The van der Waals surface area contributed by atoms with E-state index in [-0.39, 0.29) is 11.7 Å². The normalized spacial score (nSPS) is 10.3. The average Bonchev–Trinajstić information content (AvgIpc) is 2.40. The molecule has 0 heterocycles. The molecule has 0 aliphatic carbocycles. The van der Waals surface area contributed by atoms with E-state index >= 15 is 0 Å². The standard InChI is InChI=1S/C16H16BrNO2/c1-11-9-14(19)7-8-15(11)16(20)18(2)10-12-3-5-13(17)6-4-12/h3-9,19H,10H2,1-2H3. The highest BCUT2D eigenvalue weighted by Gasteiger charge is 2.14. The van der Waals surface area contributed by atoms with Crippen molar-refractivity contribution in [2.24, 2.45) is 0 Å². The Kier molecular flexibility index (Phi) is 4.45. The van der Waals surface area contributed by atoms with Crippen molar-refractivity contribution in [3.05, 3.63) is 63.6 Å². The van der Waals surface area contributed by atoms with Gasteiger partial charge in [0.25, 0.3) is 5.91 Å². The molecule has 20 heavy (non-hydrogen) atoms. The fourth-order valence-corrected chi connectivity index (χ4v) is 2.29. The van der Waals surface area contributed by atoms with Gasteiger partial charge in [-0.3, -0.25) is 4.79 Å². The third kappa shape index (κ3) is 3.39. The Morgan fingerprint density at radius 1 is 1.20 bits per heavy atom. The van der Waals surface area contributed by atoms with Gasteiger partial charge in [-0.15, -0.1) is 0 Å². The molecule has 0 fully saturated rings. The smallest absolute Gasteiger partial charge is 0.254 e. The van der Waals surface area contributed by atoms with Crippen LogP contribution in [0.4, 0.5) is 0 Å². The number of benzene rings is 2. The van der Waals surface area contributed by atoms with E-state index in [1.54, 1.807) is 24.1 Å². The number of rotatable bonds is 3. The number of hydrogen-bond donors (Lipinski definition) is 1. The summed E-state index contributed by atoms with van der Waals surface area (Å²) in [5.74, 6) is 0.125. The summed E-state index contributed by atoms with van der Waals surface area (Å²) >= 11 is 3.39. The molecular formula is C16H16BrNO2. The zero-order valence-electron chi connectivity index (χ0n) is 11.4. The SMILES string of the molecule is Cc1cc(O)ccc1C(=O)N(C)Cc1ccc(Br)cc1. The van der Waals surface area contributed by atoms with Crippen LogP contribution in [0, 0.1) is 6.92 Å². The van der Waals surface area contributed by atoms with Gasteiger partial charge in [0.15, 0.2) is 0 Å². The van der Waals surface area contributed by atoms with Crippen molar-refractivity contribution < 1.29 is 9.90 Å². The first-order valence-electron chi connectivity index (χ1n) is 6.27. The van der Waals surface area contributed by atoms with Crippen LogP contribution in [0.1, 0.15) is 21.5 Å². The van der Waals surface area contributed by atoms with Gasteiger partial charge in [-0.05, 0) is 48.4 Å². The molecule has 0 radical (unpaired) electrons. The van der Waals surface area contributed by atoms with E-state index in [1.807, 2.05) is 31.2 Å². The van der Waals surface area contributed by atoms with E-state index in [0.29, 0.717) is 12.1 Å². The first kappa shape index (κ1) is 14.6. The van der Waals surface area contributed by atoms with E-state index in [4.69, 9.17) is 0 Å². The van der Waals surface area contributed by atoms with Gasteiger partial charge in [0.1, 0.15) is 5.75 Å². The summed E-state index contributed by atoms with van der Waals surface area (Å²) in [6.07, 6.45) is 0. The second kappa shape index (κ2) is 6.09. The van der Waals surface area contributed by atoms with Crippen LogP contribution in [0.3, 0.4) is 0 Å². The Morgan fingerprint density at radius 2 is 1.85 bits per heavy atom. The molecule has 0 spiro atoms. The Balaban J connectivity index is 2.14. The van der Waals surface area contributed by atoms with Crippen LogP contribution >= 0.6 is 15.9 Å². The zero-order valence-corrected chi connectivity index (χ0v) is 13.0. The molecule has 0 aliphatic rings. The van der Waals surface area contributed by atoms with Gasteiger partial charge in [-0.1, -0.05) is 28.1 Å². The van der Waals surface area contributed by atoms with E-state index in [0.717, 1.165) is 15.6 Å². The molecule has 2 aromatic rings. The number of carbonyl (C=O) groups excluding carboxylic acids is 1. The lowest BCUT2D eigenvalue weighted by Gasteiger charge is -2.18. The van der Waals surface area contributed by atoms with E-state index in [9.17, 15) is 9.90 Å². The van der Waals surface area contributed by atoms with Crippen LogP contribution in [-0.2, 0) is 6.54 Å². The van der Waals surface area contributed by atoms with E-state index < -0.39 is 0 Å². The van der Waals surface area contributed by atoms with Crippen molar-refractivity contribution in [3.63, 3.8) is 0 Å². The first-order valence-corrected chi connectivity index (χ1v) is 7.06. The molecule has 0 saturated heterocycles.